The summed E-state index contributed by atoms with van der Waals surface area (Å²) in [6.07, 6.45) is 0.660. The van der Waals surface area contributed by atoms with Gasteiger partial charge in [-0.15, -0.1) is 0 Å². The SMILES string of the molecule is COc1cccc2c1OCC(NC(=O)COCc1nc3ccc(F)cc3[nH]1)C2. The molecule has 0 aliphatic carbocycles. The van der Waals surface area contributed by atoms with Crippen molar-refractivity contribution in [3.8, 4) is 11.5 Å². The molecule has 1 aromatic heterocycles. The van der Waals surface area contributed by atoms with Crippen LogP contribution in [-0.4, -0.2) is 42.2 Å². The highest BCUT2D eigenvalue weighted by Crippen LogP contribution is 2.34. The van der Waals surface area contributed by atoms with Gasteiger partial charge < -0.3 is 24.5 Å². The fraction of sp³-hybridized carbons (Fsp3) is 0.300. The Morgan fingerprint density at radius 1 is 1.39 bits per heavy atom. The smallest absolute Gasteiger partial charge is 0.246 e. The number of carbonyl (C=O) groups excluding carboxylic acids is 1. The fourth-order valence-electron chi connectivity index (χ4n) is 3.26. The van der Waals surface area contributed by atoms with Gasteiger partial charge in [-0.05, 0) is 30.7 Å². The molecule has 1 aliphatic rings. The summed E-state index contributed by atoms with van der Waals surface area (Å²) in [6, 6.07) is 9.87. The third-order valence-electron chi connectivity index (χ3n) is 4.51. The zero-order chi connectivity index (χ0) is 19.5. The summed E-state index contributed by atoms with van der Waals surface area (Å²) in [5.74, 6) is 1.39. The van der Waals surface area contributed by atoms with Gasteiger partial charge in [-0.25, -0.2) is 9.37 Å². The second kappa shape index (κ2) is 7.85. The second-order valence-corrected chi connectivity index (χ2v) is 6.57. The number of ether oxygens (including phenoxy) is 3. The molecule has 0 bridgehead atoms. The van der Waals surface area contributed by atoms with Crippen molar-refractivity contribution < 1.29 is 23.4 Å². The second-order valence-electron chi connectivity index (χ2n) is 6.57. The maximum Gasteiger partial charge on any atom is 0.246 e. The molecule has 1 unspecified atom stereocenters. The summed E-state index contributed by atoms with van der Waals surface area (Å²) in [7, 11) is 1.60. The first-order valence-corrected chi connectivity index (χ1v) is 8.92. The molecule has 7 nitrogen and oxygen atoms in total. The van der Waals surface area contributed by atoms with Crippen molar-refractivity contribution in [2.75, 3.05) is 20.3 Å². The summed E-state index contributed by atoms with van der Waals surface area (Å²) in [4.78, 5) is 19.4. The minimum Gasteiger partial charge on any atom is -0.493 e. The van der Waals surface area contributed by atoms with Crippen molar-refractivity contribution in [1.82, 2.24) is 15.3 Å². The molecule has 146 valence electrons. The Kier molecular flexibility index (Phi) is 5.12. The van der Waals surface area contributed by atoms with Crippen LogP contribution in [0.4, 0.5) is 4.39 Å². The van der Waals surface area contributed by atoms with Crippen molar-refractivity contribution in [2.24, 2.45) is 0 Å². The van der Waals surface area contributed by atoms with Crippen molar-refractivity contribution in [3.63, 3.8) is 0 Å². The summed E-state index contributed by atoms with van der Waals surface area (Å²) < 4.78 is 29.7. The van der Waals surface area contributed by atoms with E-state index in [0.29, 0.717) is 35.6 Å². The van der Waals surface area contributed by atoms with Crippen molar-refractivity contribution in [1.29, 1.82) is 0 Å². The average Bonchev–Trinajstić information content (AvgIpc) is 3.09. The number of fused-ring (bicyclic) bond motifs is 2. The number of methoxy groups -OCH3 is 1. The monoisotopic (exact) mass is 385 g/mol. The Labute approximate surface area is 160 Å². The lowest BCUT2D eigenvalue weighted by Crippen LogP contribution is -2.44. The minimum absolute atomic E-state index is 0.104. The maximum atomic E-state index is 13.2. The van der Waals surface area contributed by atoms with E-state index in [4.69, 9.17) is 14.2 Å². The lowest BCUT2D eigenvalue weighted by molar-refractivity contribution is -0.127. The Balaban J connectivity index is 1.27. The number of amides is 1. The van der Waals surface area contributed by atoms with E-state index in [1.54, 1.807) is 13.2 Å². The third-order valence-corrected chi connectivity index (χ3v) is 4.51. The molecule has 0 radical (unpaired) electrons. The number of nitrogens with zero attached hydrogens (tertiary/aromatic N) is 1. The van der Waals surface area contributed by atoms with Gasteiger partial charge in [0.15, 0.2) is 11.5 Å². The molecular formula is C20H20FN3O4. The number of nitrogens with one attached hydrogen (secondary N) is 2. The van der Waals surface area contributed by atoms with E-state index in [1.807, 2.05) is 18.2 Å². The zero-order valence-electron chi connectivity index (χ0n) is 15.3. The number of rotatable bonds is 6. The number of hydrogen-bond acceptors (Lipinski definition) is 5. The van der Waals surface area contributed by atoms with Crippen LogP contribution in [0.2, 0.25) is 0 Å². The van der Waals surface area contributed by atoms with E-state index in [2.05, 4.69) is 15.3 Å². The van der Waals surface area contributed by atoms with Crippen LogP contribution in [0.25, 0.3) is 11.0 Å². The van der Waals surface area contributed by atoms with Crippen molar-refractivity contribution in [2.45, 2.75) is 19.1 Å². The minimum atomic E-state index is -0.336. The topological polar surface area (TPSA) is 85.5 Å². The van der Waals surface area contributed by atoms with E-state index >= 15 is 0 Å². The van der Waals surface area contributed by atoms with E-state index in [-0.39, 0.29) is 31.0 Å². The molecule has 0 saturated carbocycles. The molecule has 2 aromatic carbocycles. The van der Waals surface area contributed by atoms with Gasteiger partial charge in [0.1, 0.15) is 31.5 Å². The number of aromatic amines is 1. The molecule has 2 N–H and O–H groups in total. The first kappa shape index (κ1) is 18.2. The fourth-order valence-corrected chi connectivity index (χ4v) is 3.26. The number of halogens is 1. The summed E-state index contributed by atoms with van der Waals surface area (Å²) in [6.45, 7) is 0.395. The predicted molar refractivity (Wildman–Crippen MR) is 99.8 cm³/mol. The molecule has 2 heterocycles. The third kappa shape index (κ3) is 3.91. The Morgan fingerprint density at radius 2 is 2.29 bits per heavy atom. The standard InChI is InChI=1S/C20H20FN3O4/c1-26-17-4-2-3-12-7-14(9-28-20(12)17)22-19(25)11-27-10-18-23-15-6-5-13(21)8-16(15)24-18/h2-6,8,14H,7,9-11H2,1H3,(H,22,25)(H,23,24). The highest BCUT2D eigenvalue weighted by atomic mass is 19.1. The molecule has 1 amide bonds. The number of carbonyl (C=O) groups is 1. The largest absolute Gasteiger partial charge is 0.493 e. The van der Waals surface area contributed by atoms with Gasteiger partial charge >= 0.3 is 0 Å². The average molecular weight is 385 g/mol. The van der Waals surface area contributed by atoms with Gasteiger partial charge in [-0.1, -0.05) is 12.1 Å². The quantitative estimate of drug-likeness (QED) is 0.680. The molecule has 0 fully saturated rings. The Bertz CT molecular complexity index is 1000. The van der Waals surface area contributed by atoms with Crippen LogP contribution in [-0.2, 0) is 22.6 Å². The normalized spacial score (nSPS) is 15.7. The molecule has 3 aromatic rings. The molecule has 8 heteroatoms. The van der Waals surface area contributed by atoms with Crippen LogP contribution in [0.15, 0.2) is 36.4 Å². The summed E-state index contributed by atoms with van der Waals surface area (Å²) in [5, 5.41) is 2.91. The Hall–Kier alpha value is -3.13. The lowest BCUT2D eigenvalue weighted by Gasteiger charge is -2.27. The number of hydrogen-bond donors (Lipinski definition) is 2. The van der Waals surface area contributed by atoms with Crippen molar-refractivity contribution >= 4 is 16.9 Å². The van der Waals surface area contributed by atoms with Crippen LogP contribution in [0.1, 0.15) is 11.4 Å². The van der Waals surface area contributed by atoms with E-state index in [1.165, 1.54) is 12.1 Å². The first-order valence-electron chi connectivity index (χ1n) is 8.92. The Morgan fingerprint density at radius 3 is 3.14 bits per heavy atom. The molecule has 0 spiro atoms. The first-order chi connectivity index (χ1) is 13.6. The van der Waals surface area contributed by atoms with Gasteiger partial charge in [0.05, 0.1) is 24.2 Å². The highest BCUT2D eigenvalue weighted by Gasteiger charge is 2.23. The molecule has 4 rings (SSSR count). The van der Waals surface area contributed by atoms with Crippen molar-refractivity contribution in [3.05, 3.63) is 53.6 Å². The predicted octanol–water partition coefficient (Wildman–Crippen LogP) is 2.35. The van der Waals surface area contributed by atoms with Crippen LogP contribution in [0, 0.1) is 5.82 Å². The van der Waals surface area contributed by atoms with Gasteiger partial charge in [0, 0.05) is 5.56 Å². The molecule has 28 heavy (non-hydrogen) atoms. The van der Waals surface area contributed by atoms with Crippen LogP contribution >= 0.6 is 0 Å². The highest BCUT2D eigenvalue weighted by molar-refractivity contribution is 5.77. The lowest BCUT2D eigenvalue weighted by atomic mass is 10.0. The van der Waals surface area contributed by atoms with E-state index in [0.717, 1.165) is 11.3 Å². The number of benzene rings is 2. The number of aromatic nitrogens is 2. The molecular weight excluding hydrogens is 365 g/mol. The number of para-hydroxylation sites is 1. The molecule has 1 aliphatic heterocycles. The van der Waals surface area contributed by atoms with Gasteiger partial charge in [0.25, 0.3) is 0 Å². The van der Waals surface area contributed by atoms with Crippen LogP contribution < -0.4 is 14.8 Å². The van der Waals surface area contributed by atoms with E-state index in [9.17, 15) is 9.18 Å². The van der Waals surface area contributed by atoms with Gasteiger partial charge in [-0.3, -0.25) is 4.79 Å². The maximum absolute atomic E-state index is 13.2. The van der Waals surface area contributed by atoms with Gasteiger partial charge in [0.2, 0.25) is 5.91 Å². The molecule has 0 saturated heterocycles. The van der Waals surface area contributed by atoms with E-state index < -0.39 is 0 Å². The van der Waals surface area contributed by atoms with Crippen LogP contribution in [0.5, 0.6) is 11.5 Å². The molecule has 1 atom stereocenters. The number of imidazole rings is 1. The number of H-pyrrole nitrogens is 1. The zero-order valence-corrected chi connectivity index (χ0v) is 15.3. The summed E-state index contributed by atoms with van der Waals surface area (Å²) >= 11 is 0. The van der Waals surface area contributed by atoms with Crippen LogP contribution in [0.3, 0.4) is 0 Å². The summed E-state index contributed by atoms with van der Waals surface area (Å²) in [5.41, 5.74) is 2.24. The van der Waals surface area contributed by atoms with Gasteiger partial charge in [-0.2, -0.15) is 0 Å².